The lowest BCUT2D eigenvalue weighted by Gasteiger charge is -1.80. The number of hydrogen-bond donors (Lipinski definition) is 3. The van der Waals surface area contributed by atoms with Crippen molar-refractivity contribution in [2.45, 2.75) is 13.3 Å². The molecule has 1 heterocycles. The van der Waals surface area contributed by atoms with Crippen LogP contribution in [0.15, 0.2) is 6.07 Å². The summed E-state index contributed by atoms with van der Waals surface area (Å²) in [4.78, 5) is 30.3. The van der Waals surface area contributed by atoms with E-state index in [4.69, 9.17) is 10.2 Å². The van der Waals surface area contributed by atoms with Gasteiger partial charge in [-0.05, 0) is 6.92 Å². The number of rotatable bonds is 4. The van der Waals surface area contributed by atoms with E-state index in [0.29, 0.717) is 6.42 Å². The van der Waals surface area contributed by atoms with Gasteiger partial charge >= 0.3 is 11.9 Å². The van der Waals surface area contributed by atoms with E-state index in [1.54, 1.807) is 6.92 Å². The van der Waals surface area contributed by atoms with Gasteiger partial charge in [-0.15, -0.1) is 0 Å². The number of carbonyl (C=O) groups is 3. The molecule has 0 bridgehead atoms. The molecule has 0 unspecified atom stereocenters. The number of H-pyrrole nitrogens is 1. The zero-order chi connectivity index (χ0) is 13.4. The van der Waals surface area contributed by atoms with E-state index in [1.807, 2.05) is 0 Å². The molecule has 0 aliphatic rings. The maximum Gasteiger partial charge on any atom is 0.356 e. The molecular formula is C9H13BrN2O6. The van der Waals surface area contributed by atoms with E-state index in [-0.39, 0.29) is 22.6 Å². The lowest BCUT2D eigenvalue weighted by molar-refractivity contribution is -0.116. The Morgan fingerprint density at radius 2 is 1.89 bits per heavy atom. The zero-order valence-corrected chi connectivity index (χ0v) is 11.0. The van der Waals surface area contributed by atoms with Crippen LogP contribution in [0.4, 0.5) is 0 Å². The van der Waals surface area contributed by atoms with Crippen LogP contribution in [0.2, 0.25) is 0 Å². The van der Waals surface area contributed by atoms with Crippen molar-refractivity contribution < 1.29 is 30.1 Å². The van der Waals surface area contributed by atoms with Crippen LogP contribution in [0.25, 0.3) is 0 Å². The second-order valence-corrected chi connectivity index (χ2v) is 3.71. The second kappa shape index (κ2) is 9.31. The normalized spacial score (nSPS) is 8.56. The molecule has 8 nitrogen and oxygen atoms in total. The van der Waals surface area contributed by atoms with E-state index in [9.17, 15) is 14.4 Å². The molecule has 0 aliphatic carbocycles. The predicted molar refractivity (Wildman–Crippen MR) is 65.2 cm³/mol. The van der Waals surface area contributed by atoms with Crippen molar-refractivity contribution in [1.29, 1.82) is 0 Å². The number of alkyl halides is 1. The fraction of sp³-hybridized carbons (Fsp3) is 0.333. The van der Waals surface area contributed by atoms with Gasteiger partial charge in [-0.1, -0.05) is 15.9 Å². The van der Waals surface area contributed by atoms with Crippen LogP contribution in [0.3, 0.4) is 0 Å². The zero-order valence-electron chi connectivity index (χ0n) is 9.44. The Morgan fingerprint density at radius 3 is 2.06 bits per heavy atom. The molecular weight excluding hydrogens is 312 g/mol. The molecule has 9 heteroatoms. The number of carboxylic acids is 2. The third kappa shape index (κ3) is 7.52. The average molecular weight is 325 g/mol. The van der Waals surface area contributed by atoms with Crippen LogP contribution >= 0.6 is 15.9 Å². The minimum absolute atomic E-state index is 0. The van der Waals surface area contributed by atoms with E-state index in [0.717, 1.165) is 11.4 Å². The highest BCUT2D eigenvalue weighted by atomic mass is 79.9. The Bertz CT molecular complexity index is 388. The van der Waals surface area contributed by atoms with Crippen LogP contribution in [0, 0.1) is 0 Å². The van der Waals surface area contributed by atoms with E-state index in [1.165, 1.54) is 0 Å². The largest absolute Gasteiger partial charge is 0.477 e. The van der Waals surface area contributed by atoms with Crippen molar-refractivity contribution in [3.8, 4) is 0 Å². The number of nitrogens with one attached hydrogen (secondary N) is 1. The number of carboxylic acid groups (broad SMARTS) is 2. The summed E-state index contributed by atoms with van der Waals surface area (Å²) in [6.45, 7) is 1.58. The highest BCUT2D eigenvalue weighted by Crippen LogP contribution is 1.98. The van der Waals surface area contributed by atoms with Crippen molar-refractivity contribution in [2.75, 3.05) is 5.33 Å². The minimum atomic E-state index is -1.26. The first-order chi connectivity index (χ1) is 7.88. The van der Waals surface area contributed by atoms with Gasteiger partial charge < -0.3 is 15.7 Å². The Morgan fingerprint density at radius 1 is 1.33 bits per heavy atom. The van der Waals surface area contributed by atoms with Crippen molar-refractivity contribution >= 4 is 33.7 Å². The summed E-state index contributed by atoms with van der Waals surface area (Å²) in [7, 11) is 0. The van der Waals surface area contributed by atoms with Gasteiger partial charge in [0.1, 0.15) is 11.5 Å². The molecule has 0 aliphatic heterocycles. The highest BCUT2D eigenvalue weighted by molar-refractivity contribution is 9.09. The number of hydrogen-bond acceptors (Lipinski definition) is 4. The smallest absolute Gasteiger partial charge is 0.356 e. The highest BCUT2D eigenvalue weighted by Gasteiger charge is 2.11. The van der Waals surface area contributed by atoms with Crippen LogP contribution in [-0.2, 0) is 4.79 Å². The molecule has 0 saturated heterocycles. The molecule has 1 aromatic heterocycles. The Balaban J connectivity index is 0. The van der Waals surface area contributed by atoms with Crippen LogP contribution in [0.1, 0.15) is 34.3 Å². The minimum Gasteiger partial charge on any atom is -0.477 e. The molecule has 0 atom stereocenters. The van der Waals surface area contributed by atoms with Crippen molar-refractivity contribution in [1.82, 2.24) is 10.2 Å². The molecule has 1 rings (SSSR count). The monoisotopic (exact) mass is 324 g/mol. The number of ketones is 1. The first-order valence-electron chi connectivity index (χ1n) is 4.45. The maximum absolute atomic E-state index is 10.2. The first-order valence-corrected chi connectivity index (χ1v) is 5.58. The van der Waals surface area contributed by atoms with Gasteiger partial charge in [0, 0.05) is 17.8 Å². The standard InChI is InChI=1S/C5H4N2O4.C4H7BrO.H2O/c8-4(9)2-1-3(5(10)11)7-6-2;1-4(6)2-3-5;/h1H,(H,6,7)(H,8,9)(H,10,11);2-3H2,1H3;1H2. The third-order valence-electron chi connectivity index (χ3n) is 1.47. The molecule has 18 heavy (non-hydrogen) atoms. The number of aromatic amines is 1. The third-order valence-corrected chi connectivity index (χ3v) is 1.87. The van der Waals surface area contributed by atoms with Gasteiger partial charge in [-0.3, -0.25) is 9.89 Å². The molecule has 0 radical (unpaired) electrons. The fourth-order valence-electron chi connectivity index (χ4n) is 0.674. The summed E-state index contributed by atoms with van der Waals surface area (Å²) in [5.41, 5.74) is -0.537. The molecule has 1 aromatic rings. The van der Waals surface area contributed by atoms with Crippen LogP contribution < -0.4 is 0 Å². The molecule has 0 aromatic carbocycles. The van der Waals surface area contributed by atoms with E-state index < -0.39 is 11.9 Å². The molecule has 0 amide bonds. The number of aromatic carboxylic acids is 2. The second-order valence-electron chi connectivity index (χ2n) is 2.92. The summed E-state index contributed by atoms with van der Waals surface area (Å²) in [5, 5.41) is 22.7. The van der Waals surface area contributed by atoms with Gasteiger partial charge in [0.15, 0.2) is 5.69 Å². The maximum atomic E-state index is 10.2. The molecule has 0 saturated carbocycles. The van der Waals surface area contributed by atoms with Gasteiger partial charge in [-0.25, -0.2) is 9.59 Å². The summed E-state index contributed by atoms with van der Waals surface area (Å²) in [5.74, 6) is -2.24. The summed E-state index contributed by atoms with van der Waals surface area (Å²) >= 11 is 3.13. The van der Waals surface area contributed by atoms with Gasteiger partial charge in [-0.2, -0.15) is 5.10 Å². The van der Waals surface area contributed by atoms with Gasteiger partial charge in [0.05, 0.1) is 0 Å². The number of carbonyl (C=O) groups excluding carboxylic acids is 1. The predicted octanol–water partition coefficient (Wildman–Crippen LogP) is 0.342. The van der Waals surface area contributed by atoms with E-state index >= 15 is 0 Å². The summed E-state index contributed by atoms with van der Waals surface area (Å²) in [6, 6.07) is 0.949. The van der Waals surface area contributed by atoms with Crippen LogP contribution in [0.5, 0.6) is 0 Å². The van der Waals surface area contributed by atoms with Crippen molar-refractivity contribution in [3.63, 3.8) is 0 Å². The summed E-state index contributed by atoms with van der Waals surface area (Å²) < 4.78 is 0. The number of nitrogens with zero attached hydrogens (tertiary/aromatic N) is 1. The Hall–Kier alpha value is -1.74. The molecule has 0 fully saturated rings. The van der Waals surface area contributed by atoms with Crippen molar-refractivity contribution in [2.24, 2.45) is 0 Å². The first kappa shape index (κ1) is 18.6. The molecule has 102 valence electrons. The molecule has 0 spiro atoms. The Labute approximate surface area is 110 Å². The van der Waals surface area contributed by atoms with Gasteiger partial charge in [0.2, 0.25) is 0 Å². The lowest BCUT2D eigenvalue weighted by Crippen LogP contribution is -1.96. The van der Waals surface area contributed by atoms with E-state index in [2.05, 4.69) is 26.1 Å². The number of aromatic nitrogens is 2. The van der Waals surface area contributed by atoms with Crippen LogP contribution in [-0.4, -0.2) is 48.9 Å². The van der Waals surface area contributed by atoms with Crippen molar-refractivity contribution in [3.05, 3.63) is 17.5 Å². The van der Waals surface area contributed by atoms with Gasteiger partial charge in [0.25, 0.3) is 0 Å². The quantitative estimate of drug-likeness (QED) is 0.679. The Kier molecular flexibility index (Phi) is 9.63. The number of halogens is 1. The SMILES string of the molecule is CC(=O)CCBr.O.O=C(O)c1cc(C(=O)O)[nH]n1. The topological polar surface area (TPSA) is 152 Å². The molecule has 5 N–H and O–H groups in total. The lowest BCUT2D eigenvalue weighted by atomic mass is 10.3. The summed E-state index contributed by atoms with van der Waals surface area (Å²) in [6.07, 6.45) is 0.653. The fourth-order valence-corrected chi connectivity index (χ4v) is 1.23. The average Bonchev–Trinajstić information content (AvgIpc) is 2.66. The number of Topliss-reactive ketones (excluding diaryl/α,β-unsaturated/α-hetero) is 1.